The van der Waals surface area contributed by atoms with Gasteiger partial charge in [0.15, 0.2) is 0 Å². The molecule has 0 fully saturated rings. The van der Waals surface area contributed by atoms with Gasteiger partial charge in [0.2, 0.25) is 12.3 Å². The predicted molar refractivity (Wildman–Crippen MR) is 95.8 cm³/mol. The molecule has 0 aliphatic heterocycles. The van der Waals surface area contributed by atoms with Gasteiger partial charge >= 0.3 is 11.9 Å². The number of fused-ring (bicyclic) bond motifs is 1. The second kappa shape index (κ2) is 9.37. The zero-order valence-electron chi connectivity index (χ0n) is 14.7. The molecule has 2 amide bonds. The monoisotopic (exact) mass is 375 g/mol. The number of carbonyl (C=O) groups excluding carboxylic acids is 3. The summed E-state index contributed by atoms with van der Waals surface area (Å²) in [6.45, 7) is 0. The van der Waals surface area contributed by atoms with Gasteiger partial charge in [0.25, 0.3) is 0 Å². The summed E-state index contributed by atoms with van der Waals surface area (Å²) in [6, 6.07) is 5.47. The minimum Gasteiger partial charge on any atom is -0.481 e. The van der Waals surface area contributed by atoms with Crippen molar-refractivity contribution in [3.05, 3.63) is 36.0 Å². The maximum atomic E-state index is 12.4. The minimum absolute atomic E-state index is 0.0963. The quantitative estimate of drug-likeness (QED) is 0.349. The Hall–Kier alpha value is -3.36. The Bertz CT molecular complexity index is 831. The van der Waals surface area contributed by atoms with Gasteiger partial charge in [-0.3, -0.25) is 14.4 Å². The highest BCUT2D eigenvalue weighted by atomic mass is 16.5. The highest BCUT2D eigenvalue weighted by Gasteiger charge is 2.27. The Morgan fingerprint density at radius 2 is 2.00 bits per heavy atom. The van der Waals surface area contributed by atoms with Gasteiger partial charge in [-0.1, -0.05) is 18.2 Å². The zero-order chi connectivity index (χ0) is 19.8. The molecule has 4 N–H and O–H groups in total. The molecule has 144 valence electrons. The molecule has 0 aliphatic rings. The van der Waals surface area contributed by atoms with Crippen molar-refractivity contribution >= 4 is 35.2 Å². The summed E-state index contributed by atoms with van der Waals surface area (Å²) in [6.07, 6.45) is 1.84. The number of nitrogens with one attached hydrogen (secondary N) is 3. The first-order chi connectivity index (χ1) is 13.0. The largest absolute Gasteiger partial charge is 0.481 e. The SMILES string of the molecule is COC(=O)[C@@H](Cc1c[nH]c2ccccc12)NC(=O)[C@@H](CCC(=O)O)NC=O. The maximum Gasteiger partial charge on any atom is 0.328 e. The molecule has 1 aromatic heterocycles. The summed E-state index contributed by atoms with van der Waals surface area (Å²) in [5.74, 6) is -2.39. The summed E-state index contributed by atoms with van der Waals surface area (Å²) in [7, 11) is 1.21. The molecule has 1 aromatic carbocycles. The van der Waals surface area contributed by atoms with Crippen molar-refractivity contribution in [1.82, 2.24) is 15.6 Å². The lowest BCUT2D eigenvalue weighted by Gasteiger charge is -2.20. The molecule has 9 nitrogen and oxygen atoms in total. The third-order valence-electron chi connectivity index (χ3n) is 4.13. The summed E-state index contributed by atoms with van der Waals surface area (Å²) >= 11 is 0. The summed E-state index contributed by atoms with van der Waals surface area (Å²) in [4.78, 5) is 49.1. The van der Waals surface area contributed by atoms with Gasteiger partial charge < -0.3 is 25.5 Å². The molecule has 0 aliphatic carbocycles. The lowest BCUT2D eigenvalue weighted by atomic mass is 10.0. The molecule has 0 unspecified atom stereocenters. The Kier molecular flexibility index (Phi) is 6.93. The fourth-order valence-electron chi connectivity index (χ4n) is 2.77. The zero-order valence-corrected chi connectivity index (χ0v) is 14.7. The van der Waals surface area contributed by atoms with E-state index in [1.807, 2.05) is 24.3 Å². The van der Waals surface area contributed by atoms with Gasteiger partial charge in [0.05, 0.1) is 7.11 Å². The number of hydrogen-bond donors (Lipinski definition) is 4. The molecule has 2 atom stereocenters. The number of carboxylic acid groups (broad SMARTS) is 1. The fraction of sp³-hybridized carbons (Fsp3) is 0.333. The van der Waals surface area contributed by atoms with E-state index in [4.69, 9.17) is 9.84 Å². The van der Waals surface area contributed by atoms with Gasteiger partial charge in [-0.05, 0) is 18.1 Å². The van der Waals surface area contributed by atoms with E-state index in [1.165, 1.54) is 7.11 Å². The lowest BCUT2D eigenvalue weighted by Crippen LogP contribution is -2.51. The van der Waals surface area contributed by atoms with Crippen LogP contribution in [0.4, 0.5) is 0 Å². The van der Waals surface area contributed by atoms with Crippen LogP contribution in [0, 0.1) is 0 Å². The van der Waals surface area contributed by atoms with Crippen LogP contribution < -0.4 is 10.6 Å². The number of ether oxygens (including phenoxy) is 1. The number of aliphatic carboxylic acids is 1. The summed E-state index contributed by atoms with van der Waals surface area (Å²) < 4.78 is 4.76. The number of para-hydroxylation sites is 1. The third-order valence-corrected chi connectivity index (χ3v) is 4.13. The average Bonchev–Trinajstić information content (AvgIpc) is 3.06. The lowest BCUT2D eigenvalue weighted by molar-refractivity contribution is -0.145. The molecule has 0 spiro atoms. The van der Waals surface area contributed by atoms with Crippen LogP contribution in [0.2, 0.25) is 0 Å². The van der Waals surface area contributed by atoms with E-state index in [2.05, 4.69) is 15.6 Å². The van der Waals surface area contributed by atoms with Crippen molar-refractivity contribution in [2.45, 2.75) is 31.3 Å². The number of aromatic amines is 1. The van der Waals surface area contributed by atoms with Crippen LogP contribution in [-0.4, -0.2) is 53.5 Å². The highest BCUT2D eigenvalue weighted by Crippen LogP contribution is 2.19. The maximum absolute atomic E-state index is 12.4. The van der Waals surface area contributed by atoms with E-state index in [0.717, 1.165) is 16.5 Å². The second-order valence-corrected chi connectivity index (χ2v) is 5.92. The van der Waals surface area contributed by atoms with E-state index in [1.54, 1.807) is 6.20 Å². The van der Waals surface area contributed by atoms with Gasteiger partial charge in [-0.25, -0.2) is 4.79 Å². The number of aromatic nitrogens is 1. The molecule has 9 heteroatoms. The fourth-order valence-corrected chi connectivity index (χ4v) is 2.77. The molecule has 0 bridgehead atoms. The molecule has 0 radical (unpaired) electrons. The smallest absolute Gasteiger partial charge is 0.328 e. The third kappa shape index (κ3) is 5.30. The van der Waals surface area contributed by atoms with E-state index in [-0.39, 0.29) is 19.3 Å². The van der Waals surface area contributed by atoms with Crippen molar-refractivity contribution in [2.75, 3.05) is 7.11 Å². The minimum atomic E-state index is -1.09. The van der Waals surface area contributed by atoms with Crippen molar-refractivity contribution < 1.29 is 29.0 Å². The number of amides is 2. The van der Waals surface area contributed by atoms with Crippen molar-refractivity contribution in [2.24, 2.45) is 0 Å². The van der Waals surface area contributed by atoms with Crippen LogP contribution in [0.5, 0.6) is 0 Å². The summed E-state index contributed by atoms with van der Waals surface area (Å²) in [5, 5.41) is 14.5. The first-order valence-electron chi connectivity index (χ1n) is 8.31. The predicted octanol–water partition coefficient (Wildman–Crippen LogP) is 0.348. The van der Waals surface area contributed by atoms with E-state index in [9.17, 15) is 19.2 Å². The van der Waals surface area contributed by atoms with E-state index in [0.29, 0.717) is 6.41 Å². The Balaban J connectivity index is 2.15. The number of hydrogen-bond acceptors (Lipinski definition) is 5. The molecular formula is C18H21N3O6. The first kappa shape index (κ1) is 20.0. The normalized spacial score (nSPS) is 12.8. The van der Waals surface area contributed by atoms with E-state index >= 15 is 0 Å². The number of H-pyrrole nitrogens is 1. The number of rotatable bonds is 10. The molecule has 2 aromatic rings. The molecule has 0 saturated heterocycles. The molecular weight excluding hydrogens is 354 g/mol. The molecule has 27 heavy (non-hydrogen) atoms. The second-order valence-electron chi connectivity index (χ2n) is 5.92. The van der Waals surface area contributed by atoms with Crippen LogP contribution in [0.15, 0.2) is 30.5 Å². The number of benzene rings is 1. The van der Waals surface area contributed by atoms with Crippen molar-refractivity contribution in [1.29, 1.82) is 0 Å². The van der Waals surface area contributed by atoms with Gasteiger partial charge in [0, 0.05) is 29.9 Å². The standard InChI is InChI=1S/C18H21N3O6/c1-27-18(26)15(8-11-9-19-13-5-3-2-4-12(11)13)21-17(25)14(20-10-22)6-7-16(23)24/h2-5,9-10,14-15,19H,6-8H2,1H3,(H,20,22)(H,21,25)(H,23,24)/t14-,15-/m1/s1. The molecule has 2 rings (SSSR count). The Labute approximate surface area is 155 Å². The highest BCUT2D eigenvalue weighted by molar-refractivity contribution is 5.90. The van der Waals surface area contributed by atoms with Crippen LogP contribution >= 0.6 is 0 Å². The van der Waals surface area contributed by atoms with Gasteiger partial charge in [-0.2, -0.15) is 0 Å². The molecule has 0 saturated carbocycles. The Morgan fingerprint density at radius 3 is 2.67 bits per heavy atom. The first-order valence-corrected chi connectivity index (χ1v) is 8.31. The molecule has 1 heterocycles. The van der Waals surface area contributed by atoms with Gasteiger partial charge in [-0.15, -0.1) is 0 Å². The Morgan fingerprint density at radius 1 is 1.26 bits per heavy atom. The van der Waals surface area contributed by atoms with Gasteiger partial charge in [0.1, 0.15) is 12.1 Å². The number of carbonyl (C=O) groups is 4. The van der Waals surface area contributed by atoms with Crippen molar-refractivity contribution in [3.63, 3.8) is 0 Å². The average molecular weight is 375 g/mol. The summed E-state index contributed by atoms with van der Waals surface area (Å²) in [5.41, 5.74) is 1.70. The van der Waals surface area contributed by atoms with Crippen LogP contribution in [0.25, 0.3) is 10.9 Å². The topological polar surface area (TPSA) is 138 Å². The van der Waals surface area contributed by atoms with E-state index < -0.39 is 29.9 Å². The van der Waals surface area contributed by atoms with Crippen LogP contribution in [-0.2, 0) is 30.3 Å². The number of esters is 1. The number of methoxy groups -OCH3 is 1. The van der Waals surface area contributed by atoms with Crippen molar-refractivity contribution in [3.8, 4) is 0 Å². The van der Waals surface area contributed by atoms with Crippen LogP contribution in [0.1, 0.15) is 18.4 Å². The number of carboxylic acids is 1. The van der Waals surface area contributed by atoms with Crippen LogP contribution in [0.3, 0.4) is 0 Å².